The van der Waals surface area contributed by atoms with Gasteiger partial charge in [-0.05, 0) is 46.0 Å². The van der Waals surface area contributed by atoms with Crippen molar-refractivity contribution in [2.45, 2.75) is 32.6 Å². The maximum Gasteiger partial charge on any atom is 0.340 e. The van der Waals surface area contributed by atoms with Gasteiger partial charge < -0.3 is 9.47 Å². The molecule has 11 heteroatoms. The zero-order valence-corrected chi connectivity index (χ0v) is 23.5. The number of ether oxygens (including phenoxy) is 2. The lowest BCUT2D eigenvalue weighted by Crippen LogP contribution is -2.50. The average molecular weight is 554 g/mol. The predicted molar refractivity (Wildman–Crippen MR) is 150 cm³/mol. The summed E-state index contributed by atoms with van der Waals surface area (Å²) in [5.74, 6) is -0.606. The molecule has 3 amide bonds. The highest BCUT2D eigenvalue weighted by atomic mass is 32.2. The second-order valence-corrected chi connectivity index (χ2v) is 12.1. The second kappa shape index (κ2) is 10.2. The number of sulfonamides is 1. The lowest BCUT2D eigenvalue weighted by molar-refractivity contribution is -0.120. The van der Waals surface area contributed by atoms with Gasteiger partial charge >= 0.3 is 12.0 Å². The summed E-state index contributed by atoms with van der Waals surface area (Å²) in [5, 5.41) is 3.88. The number of rotatable bonds is 6. The molecule has 0 bridgehead atoms. The Morgan fingerprint density at radius 3 is 2.28 bits per heavy atom. The number of methoxy groups -OCH3 is 2. The van der Waals surface area contributed by atoms with Crippen LogP contribution in [0.25, 0.3) is 21.9 Å². The molecule has 0 aromatic heterocycles. The molecule has 1 aliphatic rings. The van der Waals surface area contributed by atoms with Crippen LogP contribution in [0.4, 0.5) is 16.2 Å². The number of nitrogens with one attached hydrogen (secondary N) is 2. The normalized spacial score (nSPS) is 14.3. The van der Waals surface area contributed by atoms with Gasteiger partial charge in [-0.1, -0.05) is 39.0 Å². The van der Waals surface area contributed by atoms with Crippen molar-refractivity contribution in [1.29, 1.82) is 0 Å². The fourth-order valence-corrected chi connectivity index (χ4v) is 5.24. The first-order valence-corrected chi connectivity index (χ1v) is 14.1. The minimum Gasteiger partial charge on any atom is -0.496 e. The number of imide groups is 1. The van der Waals surface area contributed by atoms with Crippen LogP contribution in [0.3, 0.4) is 0 Å². The van der Waals surface area contributed by atoms with Gasteiger partial charge in [0.15, 0.2) is 0 Å². The number of anilines is 2. The number of benzene rings is 3. The van der Waals surface area contributed by atoms with Crippen LogP contribution >= 0.6 is 0 Å². The number of hydrogen-bond donors (Lipinski definition) is 2. The van der Waals surface area contributed by atoms with Crippen LogP contribution in [0.1, 0.15) is 43.1 Å². The Hall–Kier alpha value is -4.12. The third kappa shape index (κ3) is 5.68. The molecule has 39 heavy (non-hydrogen) atoms. The number of fused-ring (bicyclic) bond motifs is 1. The monoisotopic (exact) mass is 553 g/mol. The molecule has 0 radical (unpaired) electrons. The topological polar surface area (TPSA) is 131 Å². The third-order valence-corrected chi connectivity index (χ3v) is 7.04. The van der Waals surface area contributed by atoms with Crippen molar-refractivity contribution in [1.82, 2.24) is 5.32 Å². The first-order valence-electron chi connectivity index (χ1n) is 12.2. The Balaban J connectivity index is 2.03. The van der Waals surface area contributed by atoms with E-state index in [4.69, 9.17) is 9.47 Å². The van der Waals surface area contributed by atoms with E-state index in [1.807, 2.05) is 32.9 Å². The molecule has 0 aliphatic carbocycles. The molecule has 1 aliphatic heterocycles. The van der Waals surface area contributed by atoms with Crippen molar-refractivity contribution in [2.75, 3.05) is 36.6 Å². The molecule has 3 aromatic rings. The zero-order chi connectivity index (χ0) is 28.7. The van der Waals surface area contributed by atoms with Crippen molar-refractivity contribution >= 4 is 50.1 Å². The molecule has 0 spiro atoms. The van der Waals surface area contributed by atoms with Crippen molar-refractivity contribution < 1.29 is 32.3 Å². The summed E-state index contributed by atoms with van der Waals surface area (Å²) >= 11 is 0. The summed E-state index contributed by atoms with van der Waals surface area (Å²) < 4.78 is 36.9. The highest BCUT2D eigenvalue weighted by Gasteiger charge is 2.35. The summed E-state index contributed by atoms with van der Waals surface area (Å²) in [6, 6.07) is 11.7. The van der Waals surface area contributed by atoms with Gasteiger partial charge in [0.05, 0.1) is 31.7 Å². The quantitative estimate of drug-likeness (QED) is 0.432. The SMILES string of the molecule is COC(=O)c1c(N2CCC(=O)NC2=O)cc(C(C)(C)C)c(OC)c1-c1ccc2cc(NS(C)(=O)=O)ccc2c1. The van der Waals surface area contributed by atoms with Crippen LogP contribution in [0.15, 0.2) is 42.5 Å². The standard InChI is InChI=1S/C28H31N3O7S/c1-28(2,3)20-15-21(31-12-11-22(32)29-27(31)34)24(26(33)38-5)23(25(20)37-4)18-8-7-17-14-19(30-39(6,35)36)10-9-16(17)13-18/h7-10,13-15,30H,11-12H2,1-6H3,(H,29,32,34). The Labute approximate surface area is 227 Å². The van der Waals surface area contributed by atoms with Crippen LogP contribution < -0.4 is 19.7 Å². The molecular formula is C28H31N3O7S. The first kappa shape index (κ1) is 27.9. The Bertz CT molecular complexity index is 1610. The highest BCUT2D eigenvalue weighted by Crippen LogP contribution is 2.47. The van der Waals surface area contributed by atoms with Gasteiger partial charge in [-0.25, -0.2) is 18.0 Å². The van der Waals surface area contributed by atoms with Crippen molar-refractivity contribution in [2.24, 2.45) is 0 Å². The first-order chi connectivity index (χ1) is 18.2. The summed E-state index contributed by atoms with van der Waals surface area (Å²) in [7, 11) is -0.663. The third-order valence-electron chi connectivity index (χ3n) is 6.44. The maximum absolute atomic E-state index is 13.3. The largest absolute Gasteiger partial charge is 0.496 e. The van der Waals surface area contributed by atoms with E-state index in [0.29, 0.717) is 28.3 Å². The van der Waals surface area contributed by atoms with Gasteiger partial charge in [0.25, 0.3) is 0 Å². The Morgan fingerprint density at radius 2 is 1.69 bits per heavy atom. The molecule has 4 rings (SSSR count). The van der Waals surface area contributed by atoms with Gasteiger partial charge in [-0.15, -0.1) is 0 Å². The number of hydrogen-bond acceptors (Lipinski definition) is 7. The average Bonchev–Trinajstić information content (AvgIpc) is 2.85. The Morgan fingerprint density at radius 1 is 1.03 bits per heavy atom. The fourth-order valence-electron chi connectivity index (χ4n) is 4.69. The molecule has 206 valence electrons. The van der Waals surface area contributed by atoms with Gasteiger partial charge in [-0.3, -0.25) is 19.7 Å². The molecule has 1 heterocycles. The number of amides is 3. The number of nitrogens with zero attached hydrogens (tertiary/aromatic N) is 1. The maximum atomic E-state index is 13.3. The van der Waals surface area contributed by atoms with E-state index in [0.717, 1.165) is 22.6 Å². The zero-order valence-electron chi connectivity index (χ0n) is 22.7. The lowest BCUT2D eigenvalue weighted by Gasteiger charge is -2.32. The summed E-state index contributed by atoms with van der Waals surface area (Å²) in [5.41, 5.74) is 2.23. The minimum absolute atomic E-state index is 0.0817. The second-order valence-electron chi connectivity index (χ2n) is 10.4. The van der Waals surface area contributed by atoms with Gasteiger partial charge in [-0.2, -0.15) is 0 Å². The van der Waals surface area contributed by atoms with E-state index >= 15 is 0 Å². The Kier molecular flexibility index (Phi) is 7.31. The molecule has 10 nitrogen and oxygen atoms in total. The van der Waals surface area contributed by atoms with E-state index in [9.17, 15) is 22.8 Å². The summed E-state index contributed by atoms with van der Waals surface area (Å²) in [6.07, 6.45) is 1.16. The van der Waals surface area contributed by atoms with Crippen LogP contribution in [0, 0.1) is 0 Å². The van der Waals surface area contributed by atoms with Crippen LogP contribution in [0.5, 0.6) is 5.75 Å². The number of carbonyl (C=O) groups excluding carboxylic acids is 3. The van der Waals surface area contributed by atoms with Crippen LogP contribution in [-0.4, -0.2) is 53.3 Å². The lowest BCUT2D eigenvalue weighted by atomic mass is 9.81. The molecule has 3 aromatic carbocycles. The van der Waals surface area contributed by atoms with Crippen molar-refractivity contribution in [3.05, 3.63) is 53.6 Å². The van der Waals surface area contributed by atoms with E-state index < -0.39 is 27.4 Å². The summed E-state index contributed by atoms with van der Waals surface area (Å²) in [6.45, 7) is 6.07. The minimum atomic E-state index is -3.44. The van der Waals surface area contributed by atoms with E-state index in [-0.39, 0.29) is 24.4 Å². The number of esters is 1. The van der Waals surface area contributed by atoms with E-state index in [1.54, 1.807) is 30.3 Å². The van der Waals surface area contributed by atoms with Crippen molar-refractivity contribution in [3.63, 3.8) is 0 Å². The summed E-state index contributed by atoms with van der Waals surface area (Å²) in [4.78, 5) is 39.5. The molecule has 1 saturated heterocycles. The molecule has 0 saturated carbocycles. The number of carbonyl (C=O) groups is 3. The highest BCUT2D eigenvalue weighted by molar-refractivity contribution is 7.92. The van der Waals surface area contributed by atoms with Crippen LogP contribution in [0.2, 0.25) is 0 Å². The smallest absolute Gasteiger partial charge is 0.340 e. The molecular weight excluding hydrogens is 522 g/mol. The van der Waals surface area contributed by atoms with Gasteiger partial charge in [0.2, 0.25) is 15.9 Å². The molecule has 2 N–H and O–H groups in total. The molecule has 1 fully saturated rings. The fraction of sp³-hybridized carbons (Fsp3) is 0.321. The van der Waals surface area contributed by atoms with Crippen LogP contribution in [-0.2, 0) is 25.0 Å². The predicted octanol–water partition coefficient (Wildman–Crippen LogP) is 4.42. The van der Waals surface area contributed by atoms with Gasteiger partial charge in [0, 0.05) is 29.8 Å². The molecule has 0 atom stereocenters. The number of urea groups is 1. The van der Waals surface area contributed by atoms with E-state index in [1.165, 1.54) is 19.1 Å². The molecule has 0 unspecified atom stereocenters. The van der Waals surface area contributed by atoms with Gasteiger partial charge in [0.1, 0.15) is 5.75 Å². The van der Waals surface area contributed by atoms with Crippen molar-refractivity contribution in [3.8, 4) is 16.9 Å². The van der Waals surface area contributed by atoms with E-state index in [2.05, 4.69) is 10.0 Å².